The normalized spacial score (nSPS) is 11.3. The van der Waals surface area contributed by atoms with Gasteiger partial charge in [-0.25, -0.2) is 4.98 Å². The molecule has 0 radical (unpaired) electrons. The van der Waals surface area contributed by atoms with Crippen molar-refractivity contribution >= 4 is 44.9 Å². The maximum atomic E-state index is 12.0. The molecule has 0 saturated carbocycles. The van der Waals surface area contributed by atoms with E-state index in [0.29, 0.717) is 0 Å². The Morgan fingerprint density at radius 1 is 1.05 bits per heavy atom. The van der Waals surface area contributed by atoms with E-state index in [1.165, 1.54) is 30.3 Å². The Kier molecular flexibility index (Phi) is 4.20. The first-order valence-corrected chi connectivity index (χ1v) is 7.44. The van der Waals surface area contributed by atoms with Crippen LogP contribution in [0.1, 0.15) is 0 Å². The summed E-state index contributed by atoms with van der Waals surface area (Å²) in [6.45, 7) is 0. The van der Waals surface area contributed by atoms with E-state index >= 15 is 0 Å². The Labute approximate surface area is 125 Å². The fourth-order valence-electron chi connectivity index (χ4n) is 1.22. The summed E-state index contributed by atoms with van der Waals surface area (Å²) in [5.74, 6) is -0.0517. The minimum Gasteiger partial charge on any atom is -0.377 e. The molecule has 19 heavy (non-hydrogen) atoms. The fourth-order valence-corrected chi connectivity index (χ4v) is 2.60. The van der Waals surface area contributed by atoms with Crippen LogP contribution in [0.15, 0.2) is 41.4 Å². The van der Waals surface area contributed by atoms with Gasteiger partial charge in [-0.1, -0.05) is 40.9 Å². The Hall–Kier alpha value is -1.01. The smallest absolute Gasteiger partial charge is 0.340 e. The molecule has 0 aliphatic carbocycles. The molecule has 4 nitrogen and oxygen atoms in total. The van der Waals surface area contributed by atoms with Gasteiger partial charge in [0.05, 0.1) is 11.2 Å². The van der Waals surface area contributed by atoms with Crippen LogP contribution < -0.4 is 4.18 Å². The lowest BCUT2D eigenvalue weighted by atomic mass is 10.3. The van der Waals surface area contributed by atoms with E-state index in [1.807, 2.05) is 0 Å². The topological polar surface area (TPSA) is 56.3 Å². The number of nitrogens with zero attached hydrogens (tertiary/aromatic N) is 1. The van der Waals surface area contributed by atoms with Gasteiger partial charge in [0.25, 0.3) is 0 Å². The molecule has 2 rings (SSSR count). The van der Waals surface area contributed by atoms with Crippen LogP contribution in [0.3, 0.4) is 0 Å². The van der Waals surface area contributed by atoms with Gasteiger partial charge < -0.3 is 4.18 Å². The zero-order chi connectivity index (χ0) is 14.0. The third-order valence-electron chi connectivity index (χ3n) is 2.10. The first-order chi connectivity index (χ1) is 8.90. The van der Waals surface area contributed by atoms with Crippen LogP contribution in [0.2, 0.25) is 15.2 Å². The predicted molar refractivity (Wildman–Crippen MR) is 73.5 cm³/mol. The van der Waals surface area contributed by atoms with Crippen molar-refractivity contribution in [3.63, 3.8) is 0 Å². The van der Waals surface area contributed by atoms with Crippen LogP contribution in [0.25, 0.3) is 0 Å². The number of hydrogen-bond donors (Lipinski definition) is 0. The standard InChI is InChI=1S/C11H6Cl3NO3S/c12-8-2-1-3-9(11(8)14)18-19(16,17)7-4-5-10(13)15-6-7/h1-6H. The first kappa shape index (κ1) is 14.4. The van der Waals surface area contributed by atoms with Gasteiger partial charge in [-0.15, -0.1) is 0 Å². The molecule has 0 atom stereocenters. The van der Waals surface area contributed by atoms with Crippen molar-refractivity contribution in [2.75, 3.05) is 0 Å². The average Bonchev–Trinajstić information content (AvgIpc) is 2.35. The molecule has 0 aliphatic heterocycles. The first-order valence-electron chi connectivity index (χ1n) is 4.90. The molecule has 0 N–H and O–H groups in total. The predicted octanol–water partition coefficient (Wildman–Crippen LogP) is 3.81. The summed E-state index contributed by atoms with van der Waals surface area (Å²) in [5.41, 5.74) is 0. The van der Waals surface area contributed by atoms with Gasteiger partial charge >= 0.3 is 10.1 Å². The second kappa shape index (κ2) is 5.54. The fraction of sp³-hybridized carbons (Fsp3) is 0. The maximum Gasteiger partial charge on any atom is 0.340 e. The second-order valence-corrected chi connectivity index (χ2v) is 6.12. The minimum absolute atomic E-state index is 0.0228. The Balaban J connectivity index is 2.36. The lowest BCUT2D eigenvalue weighted by Gasteiger charge is -2.08. The average molecular weight is 339 g/mol. The second-order valence-electron chi connectivity index (χ2n) is 3.41. The molecular weight excluding hydrogens is 333 g/mol. The van der Waals surface area contributed by atoms with E-state index in [-0.39, 0.29) is 25.8 Å². The Morgan fingerprint density at radius 3 is 2.42 bits per heavy atom. The van der Waals surface area contributed by atoms with Crippen molar-refractivity contribution < 1.29 is 12.6 Å². The van der Waals surface area contributed by atoms with E-state index in [0.717, 1.165) is 6.20 Å². The van der Waals surface area contributed by atoms with Gasteiger partial charge in [0, 0.05) is 0 Å². The molecule has 0 fully saturated rings. The number of aromatic nitrogens is 1. The molecule has 1 aromatic heterocycles. The molecule has 0 spiro atoms. The summed E-state index contributed by atoms with van der Waals surface area (Å²) < 4.78 is 28.9. The van der Waals surface area contributed by atoms with Crippen molar-refractivity contribution in [1.82, 2.24) is 4.98 Å². The monoisotopic (exact) mass is 337 g/mol. The summed E-state index contributed by atoms with van der Waals surface area (Å²) in [4.78, 5) is 3.54. The highest BCUT2D eigenvalue weighted by molar-refractivity contribution is 7.87. The van der Waals surface area contributed by atoms with Crippen LogP contribution in [0.4, 0.5) is 0 Å². The van der Waals surface area contributed by atoms with Crippen LogP contribution in [0, 0.1) is 0 Å². The van der Waals surface area contributed by atoms with Crippen molar-refractivity contribution in [2.45, 2.75) is 4.90 Å². The largest absolute Gasteiger partial charge is 0.377 e. The molecule has 1 heterocycles. The highest BCUT2D eigenvalue weighted by Crippen LogP contribution is 2.33. The summed E-state index contributed by atoms with van der Waals surface area (Å²) in [7, 11) is -4.03. The zero-order valence-electron chi connectivity index (χ0n) is 9.18. The van der Waals surface area contributed by atoms with Gasteiger partial charge in [0.1, 0.15) is 15.1 Å². The molecule has 2 aromatic rings. The SMILES string of the molecule is O=S(=O)(Oc1cccc(Cl)c1Cl)c1ccc(Cl)nc1. The summed E-state index contributed by atoms with van der Waals surface area (Å²) >= 11 is 17.2. The summed E-state index contributed by atoms with van der Waals surface area (Å²) in [6, 6.07) is 7.07. The number of rotatable bonds is 3. The van der Waals surface area contributed by atoms with Crippen molar-refractivity contribution in [3.8, 4) is 5.75 Å². The van der Waals surface area contributed by atoms with Gasteiger partial charge in [-0.05, 0) is 24.3 Å². The molecule has 8 heteroatoms. The summed E-state index contributed by atoms with van der Waals surface area (Å²) in [5, 5.41) is 0.401. The van der Waals surface area contributed by atoms with Crippen LogP contribution >= 0.6 is 34.8 Å². The highest BCUT2D eigenvalue weighted by Gasteiger charge is 2.19. The molecule has 0 saturated heterocycles. The third-order valence-corrected chi connectivity index (χ3v) is 4.35. The van der Waals surface area contributed by atoms with Crippen molar-refractivity contribution in [3.05, 3.63) is 51.7 Å². The molecule has 1 aromatic carbocycles. The number of halogens is 3. The lowest BCUT2D eigenvalue weighted by Crippen LogP contribution is -2.10. The lowest BCUT2D eigenvalue weighted by molar-refractivity contribution is 0.486. The van der Waals surface area contributed by atoms with Gasteiger partial charge in [0.2, 0.25) is 0 Å². The number of hydrogen-bond acceptors (Lipinski definition) is 4. The van der Waals surface area contributed by atoms with E-state index in [9.17, 15) is 8.42 Å². The molecule has 0 bridgehead atoms. The van der Waals surface area contributed by atoms with Gasteiger partial charge in [-0.2, -0.15) is 8.42 Å². The molecule has 0 aliphatic rings. The Morgan fingerprint density at radius 2 is 1.79 bits per heavy atom. The van der Waals surface area contributed by atoms with Crippen molar-refractivity contribution in [2.24, 2.45) is 0 Å². The van der Waals surface area contributed by atoms with Crippen molar-refractivity contribution in [1.29, 1.82) is 0 Å². The van der Waals surface area contributed by atoms with E-state index in [2.05, 4.69) is 4.98 Å². The highest BCUT2D eigenvalue weighted by atomic mass is 35.5. The molecule has 0 amide bonds. The third kappa shape index (κ3) is 3.30. The van der Waals surface area contributed by atoms with Crippen LogP contribution in [-0.2, 0) is 10.1 Å². The van der Waals surface area contributed by atoms with Crippen LogP contribution in [-0.4, -0.2) is 13.4 Å². The minimum atomic E-state index is -4.03. The number of pyridine rings is 1. The quantitative estimate of drug-likeness (QED) is 0.631. The zero-order valence-corrected chi connectivity index (χ0v) is 12.3. The molecular formula is C11H6Cl3NO3S. The van der Waals surface area contributed by atoms with Gasteiger partial charge in [-0.3, -0.25) is 0 Å². The molecule has 0 unspecified atom stereocenters. The molecule has 100 valence electrons. The number of benzene rings is 1. The van der Waals surface area contributed by atoms with E-state index in [1.54, 1.807) is 0 Å². The van der Waals surface area contributed by atoms with Crippen LogP contribution in [0.5, 0.6) is 5.75 Å². The maximum absolute atomic E-state index is 12.0. The van der Waals surface area contributed by atoms with E-state index < -0.39 is 10.1 Å². The van der Waals surface area contributed by atoms with E-state index in [4.69, 9.17) is 39.0 Å². The van der Waals surface area contributed by atoms with Gasteiger partial charge in [0.15, 0.2) is 5.75 Å². The Bertz CT molecular complexity index is 702. The summed E-state index contributed by atoms with van der Waals surface area (Å²) in [6.07, 6.45) is 1.09.